The van der Waals surface area contributed by atoms with Gasteiger partial charge in [-0.25, -0.2) is 4.79 Å². The highest BCUT2D eigenvalue weighted by molar-refractivity contribution is 5.87. The van der Waals surface area contributed by atoms with Gasteiger partial charge >= 0.3 is 5.97 Å². The van der Waals surface area contributed by atoms with Crippen LogP contribution in [0.4, 0.5) is 0 Å². The minimum atomic E-state index is -0.420. The van der Waals surface area contributed by atoms with Crippen LogP contribution in [0.3, 0.4) is 0 Å². The van der Waals surface area contributed by atoms with E-state index < -0.39 is 5.97 Å². The normalized spacial score (nSPS) is 10.8. The molecule has 1 aromatic rings. The largest absolute Gasteiger partial charge is 0.493 e. The van der Waals surface area contributed by atoms with Crippen LogP contribution in [0.2, 0.25) is 0 Å². The zero-order chi connectivity index (χ0) is 14.3. The Morgan fingerprint density at radius 1 is 1.21 bits per heavy atom. The molecule has 0 heterocycles. The molecule has 0 radical (unpaired) electrons. The van der Waals surface area contributed by atoms with E-state index in [1.807, 2.05) is 0 Å². The Morgan fingerprint density at radius 3 is 2.26 bits per heavy atom. The molecular formula is C14H18O5. The Hall–Kier alpha value is -2.17. The highest BCUT2D eigenvalue weighted by atomic mass is 16.5. The standard InChI is InChI=1S/C14H18O5/c1-5-18-14(15)10(2)9-19-13-11(16-3)7-6-8-12(13)17-4/h6-9H,5H2,1-4H3/b10-9+. The molecule has 1 rings (SSSR count). The molecule has 0 aliphatic rings. The van der Waals surface area contributed by atoms with Gasteiger partial charge in [-0.05, 0) is 26.0 Å². The van der Waals surface area contributed by atoms with Crippen molar-refractivity contribution >= 4 is 5.97 Å². The second kappa shape index (κ2) is 7.31. The molecule has 0 atom stereocenters. The smallest absolute Gasteiger partial charge is 0.336 e. The maximum atomic E-state index is 11.4. The van der Waals surface area contributed by atoms with Crippen LogP contribution < -0.4 is 14.2 Å². The van der Waals surface area contributed by atoms with Gasteiger partial charge in [0, 0.05) is 0 Å². The van der Waals surface area contributed by atoms with Crippen LogP contribution in [-0.2, 0) is 9.53 Å². The summed E-state index contributed by atoms with van der Waals surface area (Å²) in [7, 11) is 3.06. The lowest BCUT2D eigenvalue weighted by atomic mass is 10.3. The Labute approximate surface area is 112 Å². The molecule has 1 aromatic carbocycles. The van der Waals surface area contributed by atoms with Crippen LogP contribution in [0, 0.1) is 0 Å². The Kier molecular flexibility index (Phi) is 5.73. The van der Waals surface area contributed by atoms with Crippen molar-refractivity contribution in [3.05, 3.63) is 30.0 Å². The summed E-state index contributed by atoms with van der Waals surface area (Å²) in [6.45, 7) is 3.68. The molecule has 0 aliphatic carbocycles. The van der Waals surface area contributed by atoms with Gasteiger partial charge in [-0.1, -0.05) is 6.07 Å². The third kappa shape index (κ3) is 3.91. The first-order valence-corrected chi connectivity index (χ1v) is 5.85. The first kappa shape index (κ1) is 14.9. The summed E-state index contributed by atoms with van der Waals surface area (Å²) in [5, 5.41) is 0. The van der Waals surface area contributed by atoms with E-state index in [1.165, 1.54) is 20.5 Å². The molecule has 0 fully saturated rings. The topological polar surface area (TPSA) is 54.0 Å². The fourth-order valence-corrected chi connectivity index (χ4v) is 1.37. The van der Waals surface area contributed by atoms with E-state index >= 15 is 0 Å². The summed E-state index contributed by atoms with van der Waals surface area (Å²) < 4.78 is 20.7. The third-order valence-corrected chi connectivity index (χ3v) is 2.33. The second-order valence-corrected chi connectivity index (χ2v) is 3.63. The lowest BCUT2D eigenvalue weighted by Crippen LogP contribution is -2.06. The molecule has 5 nitrogen and oxygen atoms in total. The van der Waals surface area contributed by atoms with Gasteiger partial charge in [0.15, 0.2) is 11.5 Å². The van der Waals surface area contributed by atoms with Gasteiger partial charge in [-0.2, -0.15) is 0 Å². The molecule has 0 saturated carbocycles. The van der Waals surface area contributed by atoms with Crippen LogP contribution >= 0.6 is 0 Å². The van der Waals surface area contributed by atoms with E-state index in [1.54, 1.807) is 32.0 Å². The summed E-state index contributed by atoms with van der Waals surface area (Å²) in [6.07, 6.45) is 1.32. The van der Waals surface area contributed by atoms with Gasteiger partial charge in [0.1, 0.15) is 6.26 Å². The predicted octanol–water partition coefficient (Wildman–Crippen LogP) is 2.55. The van der Waals surface area contributed by atoms with Crippen molar-refractivity contribution in [1.82, 2.24) is 0 Å². The molecule has 0 amide bonds. The summed E-state index contributed by atoms with van der Waals surface area (Å²) >= 11 is 0. The lowest BCUT2D eigenvalue weighted by Gasteiger charge is -2.11. The molecule has 0 saturated heterocycles. The van der Waals surface area contributed by atoms with Crippen LogP contribution in [0.5, 0.6) is 17.2 Å². The number of ether oxygens (including phenoxy) is 4. The van der Waals surface area contributed by atoms with Crippen LogP contribution in [0.1, 0.15) is 13.8 Å². The summed E-state index contributed by atoms with van der Waals surface area (Å²) in [4.78, 5) is 11.4. The highest BCUT2D eigenvalue weighted by Crippen LogP contribution is 2.37. The van der Waals surface area contributed by atoms with E-state index in [9.17, 15) is 4.79 Å². The van der Waals surface area contributed by atoms with Gasteiger partial charge in [0.2, 0.25) is 5.75 Å². The zero-order valence-electron chi connectivity index (χ0n) is 11.6. The van der Waals surface area contributed by atoms with Crippen molar-refractivity contribution in [2.75, 3.05) is 20.8 Å². The third-order valence-electron chi connectivity index (χ3n) is 2.33. The van der Waals surface area contributed by atoms with Crippen molar-refractivity contribution in [3.63, 3.8) is 0 Å². The molecule has 0 N–H and O–H groups in total. The maximum Gasteiger partial charge on any atom is 0.336 e. The number of hydrogen-bond acceptors (Lipinski definition) is 5. The van der Waals surface area contributed by atoms with E-state index in [0.717, 1.165) is 0 Å². The number of esters is 1. The molecule has 19 heavy (non-hydrogen) atoms. The van der Waals surface area contributed by atoms with Crippen molar-refractivity contribution in [3.8, 4) is 17.2 Å². The van der Waals surface area contributed by atoms with Crippen molar-refractivity contribution in [1.29, 1.82) is 0 Å². The molecule has 0 bridgehead atoms. The Morgan fingerprint density at radius 2 is 1.79 bits per heavy atom. The van der Waals surface area contributed by atoms with Crippen molar-refractivity contribution < 1.29 is 23.7 Å². The lowest BCUT2D eigenvalue weighted by molar-refractivity contribution is -0.138. The number of rotatable bonds is 6. The van der Waals surface area contributed by atoms with Gasteiger partial charge in [-0.15, -0.1) is 0 Å². The van der Waals surface area contributed by atoms with Crippen LogP contribution in [-0.4, -0.2) is 26.8 Å². The van der Waals surface area contributed by atoms with Crippen molar-refractivity contribution in [2.24, 2.45) is 0 Å². The zero-order valence-corrected chi connectivity index (χ0v) is 11.6. The van der Waals surface area contributed by atoms with E-state index in [-0.39, 0.29) is 0 Å². The van der Waals surface area contributed by atoms with Gasteiger partial charge in [0.05, 0.1) is 26.4 Å². The van der Waals surface area contributed by atoms with Crippen molar-refractivity contribution in [2.45, 2.75) is 13.8 Å². The monoisotopic (exact) mass is 266 g/mol. The predicted molar refractivity (Wildman–Crippen MR) is 70.6 cm³/mol. The number of benzene rings is 1. The first-order valence-electron chi connectivity index (χ1n) is 5.85. The number of carbonyl (C=O) groups excluding carboxylic acids is 1. The molecule has 0 unspecified atom stereocenters. The molecule has 0 aromatic heterocycles. The average molecular weight is 266 g/mol. The minimum absolute atomic E-state index is 0.321. The fourth-order valence-electron chi connectivity index (χ4n) is 1.37. The summed E-state index contributed by atoms with van der Waals surface area (Å²) in [5.41, 5.74) is 0.356. The Balaban J connectivity index is 2.93. The number of carbonyl (C=O) groups is 1. The van der Waals surface area contributed by atoms with Gasteiger partial charge < -0.3 is 18.9 Å². The number of hydrogen-bond donors (Lipinski definition) is 0. The minimum Gasteiger partial charge on any atom is -0.493 e. The molecular weight excluding hydrogens is 248 g/mol. The average Bonchev–Trinajstić information content (AvgIpc) is 2.44. The van der Waals surface area contributed by atoms with E-state index in [0.29, 0.717) is 29.4 Å². The molecule has 0 spiro atoms. The summed E-state index contributed by atoms with van der Waals surface area (Å²) in [5.74, 6) is 1.03. The quantitative estimate of drug-likeness (QED) is 0.450. The van der Waals surface area contributed by atoms with Crippen LogP contribution in [0.15, 0.2) is 30.0 Å². The molecule has 0 aliphatic heterocycles. The number of methoxy groups -OCH3 is 2. The molecule has 104 valence electrons. The fraction of sp³-hybridized carbons (Fsp3) is 0.357. The Bertz CT molecular complexity index is 443. The highest BCUT2D eigenvalue weighted by Gasteiger charge is 2.12. The second-order valence-electron chi connectivity index (χ2n) is 3.63. The summed E-state index contributed by atoms with van der Waals surface area (Å²) in [6, 6.07) is 5.27. The van der Waals surface area contributed by atoms with Gasteiger partial charge in [-0.3, -0.25) is 0 Å². The van der Waals surface area contributed by atoms with E-state index in [4.69, 9.17) is 18.9 Å². The SMILES string of the molecule is CCOC(=O)/C(C)=C/Oc1c(OC)cccc1OC. The number of para-hydroxylation sites is 1. The maximum absolute atomic E-state index is 11.4. The van der Waals surface area contributed by atoms with E-state index in [2.05, 4.69) is 0 Å². The molecule has 5 heteroatoms. The first-order chi connectivity index (χ1) is 9.13. The van der Waals surface area contributed by atoms with Gasteiger partial charge in [0.25, 0.3) is 0 Å². The van der Waals surface area contributed by atoms with Crippen LogP contribution in [0.25, 0.3) is 0 Å².